The van der Waals surface area contributed by atoms with Crippen molar-refractivity contribution in [1.82, 2.24) is 19.9 Å². The Morgan fingerprint density at radius 3 is 1.20 bits per heavy atom. The normalized spacial score (nSPS) is 11.8. The van der Waals surface area contributed by atoms with E-state index in [4.69, 9.17) is 0 Å². The number of H-pyrrole nitrogens is 3. The molecule has 1 aliphatic heterocycles. The average Bonchev–Trinajstić information content (AvgIpc) is 3.84. The molecule has 61 heavy (non-hydrogen) atoms. The van der Waals surface area contributed by atoms with Gasteiger partial charge in [0.25, 0.3) is 0 Å². The minimum absolute atomic E-state index is 0.00215. The van der Waals surface area contributed by atoms with E-state index in [2.05, 4.69) is 19.9 Å². The van der Waals surface area contributed by atoms with Gasteiger partial charge in [-0.15, -0.1) is 0 Å². The second-order valence-electron chi connectivity index (χ2n) is 14.1. The van der Waals surface area contributed by atoms with E-state index < -0.39 is 122 Å². The van der Waals surface area contributed by atoms with Crippen LogP contribution in [0.2, 0.25) is 0 Å². The number of fused-ring (bicyclic) bond motifs is 8. The zero-order valence-electron chi connectivity index (χ0n) is 31.9. The van der Waals surface area contributed by atoms with Crippen LogP contribution in [0.4, 0.5) is 0 Å². The number of carbonyl (C=O) groups is 8. The molecule has 21 heteroatoms. The molecule has 4 aromatic rings. The number of aromatic amines is 3. The number of allylic oxidation sites excluding steroid dienone is 1. The van der Waals surface area contributed by atoms with Crippen LogP contribution in [0.25, 0.3) is 44.2 Å². The van der Waals surface area contributed by atoms with E-state index in [1.54, 1.807) is 0 Å². The SMILES string of the molecule is O=C(O)CCC1=C(CC(=O)O)c2cc3[nH]c(cc4[nH]c(cc5[nH]c(c(CC(=O)O)c5CCC(=O)O)c(=O)c1n2)c(CCC(=O)O)c4CC(=O)O)c(CC(=O)O)c3CCC(=O)O. The van der Waals surface area contributed by atoms with Gasteiger partial charge in [-0.05, 0) is 88.4 Å². The van der Waals surface area contributed by atoms with Crippen molar-refractivity contribution in [2.24, 2.45) is 0 Å². The van der Waals surface area contributed by atoms with Gasteiger partial charge >= 0.3 is 47.8 Å². The molecule has 5 rings (SSSR count). The smallest absolute Gasteiger partial charge is 0.307 e. The second kappa shape index (κ2) is 18.4. The van der Waals surface area contributed by atoms with Crippen molar-refractivity contribution in [3.8, 4) is 0 Å². The Hall–Kier alpha value is -7.84. The summed E-state index contributed by atoms with van der Waals surface area (Å²) in [5.41, 5.74) is -2.38. The Morgan fingerprint density at radius 1 is 0.410 bits per heavy atom. The van der Waals surface area contributed by atoms with Gasteiger partial charge in [0.05, 0.1) is 36.9 Å². The minimum atomic E-state index is -1.46. The van der Waals surface area contributed by atoms with Gasteiger partial charge in [0.15, 0.2) is 0 Å². The molecule has 0 atom stereocenters. The number of aromatic nitrogens is 4. The van der Waals surface area contributed by atoms with E-state index >= 15 is 0 Å². The van der Waals surface area contributed by atoms with Crippen LogP contribution < -0.4 is 5.43 Å². The summed E-state index contributed by atoms with van der Waals surface area (Å²) in [5.74, 6) is -10.8. The molecule has 0 saturated heterocycles. The molecule has 0 unspecified atom stereocenters. The highest BCUT2D eigenvalue weighted by Gasteiger charge is 2.28. The summed E-state index contributed by atoms with van der Waals surface area (Å²) >= 11 is 0. The van der Waals surface area contributed by atoms with Crippen LogP contribution in [0.1, 0.15) is 83.3 Å². The van der Waals surface area contributed by atoms with E-state index in [0.29, 0.717) is 0 Å². The number of nitrogens with zero attached hydrogens (tertiary/aromatic N) is 1. The highest BCUT2D eigenvalue weighted by Crippen LogP contribution is 2.36. The molecule has 320 valence electrons. The Morgan fingerprint density at radius 2 is 0.770 bits per heavy atom. The van der Waals surface area contributed by atoms with Gasteiger partial charge < -0.3 is 55.8 Å². The predicted octanol–water partition coefficient (Wildman–Crippen LogP) is 3.07. The fourth-order valence-corrected chi connectivity index (χ4v) is 7.51. The van der Waals surface area contributed by atoms with Crippen LogP contribution in [0.5, 0.6) is 0 Å². The van der Waals surface area contributed by atoms with Gasteiger partial charge in [0.1, 0.15) is 5.69 Å². The Kier molecular flexibility index (Phi) is 13.3. The lowest BCUT2D eigenvalue weighted by atomic mass is 9.96. The molecular formula is C40H38N4O17. The highest BCUT2D eigenvalue weighted by molar-refractivity contribution is 6.00. The number of carboxylic acid groups (broad SMARTS) is 8. The number of aliphatic carboxylic acids is 8. The second-order valence-corrected chi connectivity index (χ2v) is 14.1. The molecule has 0 saturated carbocycles. The number of hydrogen-bond donors (Lipinski definition) is 11. The van der Waals surface area contributed by atoms with Crippen LogP contribution in [-0.4, -0.2) is 109 Å². The van der Waals surface area contributed by atoms with Crippen molar-refractivity contribution in [1.29, 1.82) is 0 Å². The lowest BCUT2D eigenvalue weighted by Crippen LogP contribution is -2.12. The molecule has 0 aromatic carbocycles. The molecule has 0 radical (unpaired) electrons. The third-order valence-electron chi connectivity index (χ3n) is 9.98. The van der Waals surface area contributed by atoms with Crippen LogP contribution in [-0.2, 0) is 76.9 Å². The minimum Gasteiger partial charge on any atom is -0.481 e. The summed E-state index contributed by atoms with van der Waals surface area (Å²) in [6.45, 7) is 0. The van der Waals surface area contributed by atoms with Gasteiger partial charge in [-0.2, -0.15) is 0 Å². The molecule has 4 aromatic heterocycles. The summed E-state index contributed by atoms with van der Waals surface area (Å²) in [5, 5.41) is 78.6. The van der Waals surface area contributed by atoms with Gasteiger partial charge in [0.2, 0.25) is 5.43 Å². The number of nitrogens with one attached hydrogen (secondary N) is 3. The molecule has 0 spiro atoms. The average molecular weight is 847 g/mol. The van der Waals surface area contributed by atoms with E-state index in [9.17, 15) is 84.0 Å². The van der Waals surface area contributed by atoms with E-state index in [0.717, 1.165) is 0 Å². The zero-order chi connectivity index (χ0) is 44.9. The Balaban J connectivity index is 2.16. The summed E-state index contributed by atoms with van der Waals surface area (Å²) < 4.78 is 0. The number of carboxylic acids is 8. The van der Waals surface area contributed by atoms with Crippen LogP contribution in [0.15, 0.2) is 23.0 Å². The van der Waals surface area contributed by atoms with Crippen molar-refractivity contribution >= 4 is 92.0 Å². The van der Waals surface area contributed by atoms with Gasteiger partial charge in [0, 0.05) is 53.3 Å². The maximum Gasteiger partial charge on any atom is 0.307 e. The van der Waals surface area contributed by atoms with Crippen molar-refractivity contribution in [3.63, 3.8) is 0 Å². The van der Waals surface area contributed by atoms with Crippen LogP contribution >= 0.6 is 0 Å². The highest BCUT2D eigenvalue weighted by atomic mass is 16.4. The molecule has 5 heterocycles. The Bertz CT molecular complexity index is 2770. The van der Waals surface area contributed by atoms with E-state index in [1.165, 1.54) is 18.2 Å². The first-order valence-electron chi connectivity index (χ1n) is 18.5. The van der Waals surface area contributed by atoms with Crippen LogP contribution in [0, 0.1) is 0 Å². The predicted molar refractivity (Wildman–Crippen MR) is 210 cm³/mol. The third kappa shape index (κ3) is 10.4. The fourth-order valence-electron chi connectivity index (χ4n) is 7.51. The summed E-state index contributed by atoms with van der Waals surface area (Å²) in [7, 11) is 0. The molecule has 8 bridgehead atoms. The topological polar surface area (TPSA) is 376 Å². The van der Waals surface area contributed by atoms with Gasteiger partial charge in [-0.25, -0.2) is 4.98 Å². The molecule has 11 N–H and O–H groups in total. The molecule has 1 aliphatic rings. The fraction of sp³-hybridized carbons (Fsp3) is 0.300. The van der Waals surface area contributed by atoms with Crippen molar-refractivity contribution < 1.29 is 79.2 Å². The quantitative estimate of drug-likeness (QED) is 0.0608. The molecule has 21 nitrogen and oxygen atoms in total. The lowest BCUT2D eigenvalue weighted by Gasteiger charge is -2.05. The summed E-state index contributed by atoms with van der Waals surface area (Å²) in [4.78, 5) is 125. The maximum atomic E-state index is 14.8. The van der Waals surface area contributed by atoms with Crippen molar-refractivity contribution in [2.75, 3.05) is 0 Å². The standard InChI is InChI=1S/C40H38N4O17/c45-30(46)5-1-16-20(9-34(53)54)27-15-28-21(10-35(55)56)17(2-6-31(47)48)25(42-28)14-29-22(11-36(57)58)19(4-8-33(51)52)38(44-29)40(61)39-23(12-37(59)60)18(3-7-32(49)50)26(43-39)13-24(16)41-27/h13-15,41-43H,1-12H2,(H,45,46)(H,47,48)(H,49,50)(H,51,52)(H,53,54)(H,55,56)(H,57,58)(H,59,60). The maximum absolute atomic E-state index is 14.8. The summed E-state index contributed by atoms with van der Waals surface area (Å²) in [6.07, 6.45) is -6.82. The number of aryl methyl sites for hydroxylation is 3. The molecular weight excluding hydrogens is 808 g/mol. The van der Waals surface area contributed by atoms with Gasteiger partial charge in [-0.3, -0.25) is 43.2 Å². The molecule has 0 fully saturated rings. The largest absolute Gasteiger partial charge is 0.481 e. The van der Waals surface area contributed by atoms with Crippen molar-refractivity contribution in [2.45, 2.75) is 77.0 Å². The first kappa shape index (κ1) is 44.3. The summed E-state index contributed by atoms with van der Waals surface area (Å²) in [6, 6.07) is 3.86. The first-order chi connectivity index (χ1) is 28.7. The zero-order valence-corrected chi connectivity index (χ0v) is 31.9. The third-order valence-corrected chi connectivity index (χ3v) is 9.98. The van der Waals surface area contributed by atoms with Crippen molar-refractivity contribution in [3.05, 3.63) is 73.2 Å². The number of hydrogen-bond acceptors (Lipinski definition) is 10. The van der Waals surface area contributed by atoms with Gasteiger partial charge in [-0.1, -0.05) is 0 Å². The first-order valence-corrected chi connectivity index (χ1v) is 18.5. The Labute approximate surface area is 341 Å². The lowest BCUT2D eigenvalue weighted by molar-refractivity contribution is -0.138. The van der Waals surface area contributed by atoms with E-state index in [-0.39, 0.29) is 97.1 Å². The monoisotopic (exact) mass is 846 g/mol. The van der Waals surface area contributed by atoms with Crippen LogP contribution in [0.3, 0.4) is 0 Å². The molecule has 0 aliphatic carbocycles. The molecule has 0 amide bonds. The number of rotatable bonds is 20. The van der Waals surface area contributed by atoms with E-state index in [1.807, 2.05) is 0 Å².